The highest BCUT2D eigenvalue weighted by Gasteiger charge is 2.41. The Kier molecular flexibility index (Phi) is 4.08. The third-order valence-electron chi connectivity index (χ3n) is 5.06. The maximum Gasteiger partial charge on any atom is 0.243 e. The van der Waals surface area contributed by atoms with Crippen LogP contribution >= 0.6 is 0 Å². The lowest BCUT2D eigenvalue weighted by Crippen LogP contribution is -2.29. The molecule has 1 aromatic rings. The summed E-state index contributed by atoms with van der Waals surface area (Å²) in [6.07, 6.45) is 4.41. The van der Waals surface area contributed by atoms with Crippen LogP contribution in [0.1, 0.15) is 44.2 Å². The fraction of sp³-hybridized carbons (Fsp3) is 0.625. The van der Waals surface area contributed by atoms with Crippen LogP contribution in [-0.4, -0.2) is 25.8 Å². The summed E-state index contributed by atoms with van der Waals surface area (Å²) in [5, 5.41) is 0. The van der Waals surface area contributed by atoms with Crippen molar-refractivity contribution >= 4 is 10.0 Å². The molecular weight excluding hydrogens is 284 g/mol. The molecule has 1 saturated carbocycles. The van der Waals surface area contributed by atoms with E-state index in [1.54, 1.807) is 22.5 Å². The average Bonchev–Trinajstić information content (AvgIpc) is 3.08. The lowest BCUT2D eigenvalue weighted by atomic mass is 10.0. The van der Waals surface area contributed by atoms with Crippen molar-refractivity contribution in [1.82, 2.24) is 4.31 Å². The molecule has 1 aromatic carbocycles. The molecule has 0 spiro atoms. The summed E-state index contributed by atoms with van der Waals surface area (Å²) in [5.41, 5.74) is 6.93. The van der Waals surface area contributed by atoms with Crippen molar-refractivity contribution in [3.05, 3.63) is 29.8 Å². The van der Waals surface area contributed by atoms with Crippen molar-refractivity contribution in [2.75, 3.05) is 13.1 Å². The summed E-state index contributed by atoms with van der Waals surface area (Å²) in [6, 6.07) is 7.05. The molecule has 0 radical (unpaired) electrons. The van der Waals surface area contributed by atoms with Crippen molar-refractivity contribution < 1.29 is 8.42 Å². The molecule has 1 saturated heterocycles. The molecule has 0 aromatic heterocycles. The predicted molar refractivity (Wildman–Crippen MR) is 83.3 cm³/mol. The highest BCUT2D eigenvalue weighted by Crippen LogP contribution is 2.39. The molecule has 3 unspecified atom stereocenters. The number of rotatable bonds is 4. The number of hydrogen-bond acceptors (Lipinski definition) is 3. The zero-order chi connectivity index (χ0) is 15.0. The van der Waals surface area contributed by atoms with E-state index in [0.29, 0.717) is 29.8 Å². The quantitative estimate of drug-likeness (QED) is 0.929. The lowest BCUT2D eigenvalue weighted by molar-refractivity contribution is 0.445. The molecule has 5 heteroatoms. The topological polar surface area (TPSA) is 63.4 Å². The van der Waals surface area contributed by atoms with E-state index >= 15 is 0 Å². The minimum absolute atomic E-state index is 0.0990. The molecule has 1 heterocycles. The van der Waals surface area contributed by atoms with Crippen LogP contribution in [0.3, 0.4) is 0 Å². The fourth-order valence-corrected chi connectivity index (χ4v) is 5.29. The van der Waals surface area contributed by atoms with Gasteiger partial charge in [0.15, 0.2) is 0 Å². The number of nitrogens with two attached hydrogens (primary N) is 1. The van der Waals surface area contributed by atoms with E-state index in [9.17, 15) is 8.42 Å². The highest BCUT2D eigenvalue weighted by molar-refractivity contribution is 7.89. The van der Waals surface area contributed by atoms with Crippen molar-refractivity contribution in [3.8, 4) is 0 Å². The van der Waals surface area contributed by atoms with Gasteiger partial charge in [-0.25, -0.2) is 8.42 Å². The molecular formula is C16H24N2O2S. The molecule has 2 fully saturated rings. The van der Waals surface area contributed by atoms with Gasteiger partial charge in [-0.3, -0.25) is 0 Å². The maximum atomic E-state index is 12.8. The zero-order valence-corrected chi connectivity index (χ0v) is 13.3. The van der Waals surface area contributed by atoms with E-state index in [1.165, 1.54) is 19.3 Å². The number of benzene rings is 1. The summed E-state index contributed by atoms with van der Waals surface area (Å²) in [4.78, 5) is 0.392. The van der Waals surface area contributed by atoms with Gasteiger partial charge in [0.05, 0.1) is 4.90 Å². The van der Waals surface area contributed by atoms with E-state index in [-0.39, 0.29) is 6.04 Å². The largest absolute Gasteiger partial charge is 0.324 e. The Morgan fingerprint density at radius 2 is 1.95 bits per heavy atom. The smallest absolute Gasteiger partial charge is 0.243 e. The Balaban J connectivity index is 1.85. The van der Waals surface area contributed by atoms with Crippen molar-refractivity contribution in [2.45, 2.75) is 43.5 Å². The Labute approximate surface area is 127 Å². The molecule has 3 atom stereocenters. The van der Waals surface area contributed by atoms with Crippen LogP contribution < -0.4 is 5.73 Å². The minimum Gasteiger partial charge on any atom is -0.324 e. The number of fused-ring (bicyclic) bond motifs is 1. The fourth-order valence-electron chi connectivity index (χ4n) is 3.68. The second kappa shape index (κ2) is 5.71. The molecule has 1 aliphatic carbocycles. The molecule has 4 nitrogen and oxygen atoms in total. The van der Waals surface area contributed by atoms with Gasteiger partial charge in [0.25, 0.3) is 0 Å². The molecule has 1 aliphatic heterocycles. The van der Waals surface area contributed by atoms with Crippen LogP contribution in [0.2, 0.25) is 0 Å². The van der Waals surface area contributed by atoms with Gasteiger partial charge in [0, 0.05) is 19.1 Å². The zero-order valence-electron chi connectivity index (χ0n) is 12.5. The predicted octanol–water partition coefficient (Wildman–Crippen LogP) is 2.52. The summed E-state index contributed by atoms with van der Waals surface area (Å²) in [6.45, 7) is 3.39. The first kappa shape index (κ1) is 15.0. The lowest BCUT2D eigenvalue weighted by Gasteiger charge is -2.18. The Hall–Kier alpha value is -0.910. The van der Waals surface area contributed by atoms with E-state index < -0.39 is 10.0 Å². The average molecular weight is 308 g/mol. The molecule has 21 heavy (non-hydrogen) atoms. The molecule has 3 rings (SSSR count). The summed E-state index contributed by atoms with van der Waals surface area (Å²) >= 11 is 0. The van der Waals surface area contributed by atoms with Crippen LogP contribution in [0.4, 0.5) is 0 Å². The Bertz CT molecular complexity index is 602. The monoisotopic (exact) mass is 308 g/mol. The van der Waals surface area contributed by atoms with Crippen LogP contribution in [0, 0.1) is 11.8 Å². The second-order valence-electron chi connectivity index (χ2n) is 6.36. The summed E-state index contributed by atoms with van der Waals surface area (Å²) in [7, 11) is -3.37. The second-order valence-corrected chi connectivity index (χ2v) is 8.30. The number of nitrogens with zero attached hydrogens (tertiary/aromatic N) is 1. The van der Waals surface area contributed by atoms with Gasteiger partial charge in [0.2, 0.25) is 10.0 Å². The molecule has 2 aliphatic rings. The molecule has 2 N–H and O–H groups in total. The SMILES string of the molecule is CCC(N)c1cccc(S(=O)(=O)N2CC3CCCC3C2)c1. The van der Waals surface area contributed by atoms with Crippen LogP contribution in [0.25, 0.3) is 0 Å². The molecule has 0 amide bonds. The van der Waals surface area contributed by atoms with Gasteiger partial charge in [-0.2, -0.15) is 4.31 Å². The van der Waals surface area contributed by atoms with Gasteiger partial charge in [0.1, 0.15) is 0 Å². The minimum atomic E-state index is -3.37. The van der Waals surface area contributed by atoms with E-state index in [4.69, 9.17) is 5.73 Å². The van der Waals surface area contributed by atoms with E-state index in [1.807, 2.05) is 13.0 Å². The third kappa shape index (κ3) is 2.74. The van der Waals surface area contributed by atoms with E-state index in [0.717, 1.165) is 12.0 Å². The summed E-state index contributed by atoms with van der Waals surface area (Å²) in [5.74, 6) is 1.14. The summed E-state index contributed by atoms with van der Waals surface area (Å²) < 4.78 is 27.3. The Morgan fingerprint density at radius 3 is 2.57 bits per heavy atom. The first-order chi connectivity index (χ1) is 10.0. The van der Waals surface area contributed by atoms with Gasteiger partial charge < -0.3 is 5.73 Å². The van der Waals surface area contributed by atoms with Crippen molar-refractivity contribution in [2.24, 2.45) is 17.6 Å². The maximum absolute atomic E-state index is 12.8. The first-order valence-corrected chi connectivity index (χ1v) is 9.32. The molecule has 0 bridgehead atoms. The van der Waals surface area contributed by atoms with Gasteiger partial charge >= 0.3 is 0 Å². The van der Waals surface area contributed by atoms with Crippen LogP contribution in [0.15, 0.2) is 29.2 Å². The highest BCUT2D eigenvalue weighted by atomic mass is 32.2. The first-order valence-electron chi connectivity index (χ1n) is 7.88. The van der Waals surface area contributed by atoms with Gasteiger partial charge in [-0.15, -0.1) is 0 Å². The van der Waals surface area contributed by atoms with Crippen LogP contribution in [0.5, 0.6) is 0 Å². The van der Waals surface area contributed by atoms with Gasteiger partial charge in [-0.1, -0.05) is 25.5 Å². The number of sulfonamides is 1. The van der Waals surface area contributed by atoms with E-state index in [2.05, 4.69) is 0 Å². The number of hydrogen-bond donors (Lipinski definition) is 1. The third-order valence-corrected chi connectivity index (χ3v) is 6.88. The van der Waals surface area contributed by atoms with Crippen molar-refractivity contribution in [1.29, 1.82) is 0 Å². The Morgan fingerprint density at radius 1 is 1.29 bits per heavy atom. The van der Waals surface area contributed by atoms with Crippen molar-refractivity contribution in [3.63, 3.8) is 0 Å². The van der Waals surface area contributed by atoms with Gasteiger partial charge in [-0.05, 0) is 48.8 Å². The normalized spacial score (nSPS) is 27.7. The standard InChI is InChI=1S/C16H24N2O2S/c1-2-16(17)12-5-4-8-15(9-12)21(19,20)18-10-13-6-3-7-14(13)11-18/h4-5,8-9,13-14,16H,2-3,6-7,10-11,17H2,1H3. The molecule has 116 valence electrons. The van der Waals surface area contributed by atoms with Crippen LogP contribution in [-0.2, 0) is 10.0 Å².